The van der Waals surface area contributed by atoms with Gasteiger partial charge in [0.1, 0.15) is 18.0 Å². The predicted octanol–water partition coefficient (Wildman–Crippen LogP) is 3.89. The van der Waals surface area contributed by atoms with E-state index in [1.807, 2.05) is 6.07 Å². The summed E-state index contributed by atoms with van der Waals surface area (Å²) >= 11 is 0. The van der Waals surface area contributed by atoms with Crippen LogP contribution < -0.4 is 15.5 Å². The van der Waals surface area contributed by atoms with Gasteiger partial charge in [0, 0.05) is 50.2 Å². The molecule has 3 aromatic rings. The minimum absolute atomic E-state index is 0.734. The molecule has 1 aliphatic rings. The van der Waals surface area contributed by atoms with Crippen LogP contribution >= 0.6 is 0 Å². The molecule has 1 saturated heterocycles. The molecule has 0 unspecified atom stereocenters. The van der Waals surface area contributed by atoms with Crippen LogP contribution in [0.4, 0.5) is 23.0 Å². The summed E-state index contributed by atoms with van der Waals surface area (Å²) in [4.78, 5) is 13.5. The summed E-state index contributed by atoms with van der Waals surface area (Å²) < 4.78 is 0. The number of piperazine rings is 1. The molecule has 2 N–H and O–H groups in total. The van der Waals surface area contributed by atoms with E-state index in [0.717, 1.165) is 50.0 Å². The maximum absolute atomic E-state index is 4.35. The van der Waals surface area contributed by atoms with E-state index in [0.29, 0.717) is 0 Å². The van der Waals surface area contributed by atoms with Crippen LogP contribution in [-0.2, 0) is 6.54 Å². The molecule has 6 heteroatoms. The van der Waals surface area contributed by atoms with Crippen molar-refractivity contribution < 1.29 is 0 Å². The number of anilines is 4. The van der Waals surface area contributed by atoms with Crippen molar-refractivity contribution in [2.45, 2.75) is 13.5 Å². The van der Waals surface area contributed by atoms with Crippen LogP contribution in [-0.4, -0.2) is 48.1 Å². The van der Waals surface area contributed by atoms with Crippen molar-refractivity contribution in [1.29, 1.82) is 0 Å². The minimum Gasteiger partial charge on any atom is -0.369 e. The molecule has 0 radical (unpaired) electrons. The van der Waals surface area contributed by atoms with Gasteiger partial charge in [-0.25, -0.2) is 9.97 Å². The monoisotopic (exact) mass is 388 g/mol. The van der Waals surface area contributed by atoms with Crippen LogP contribution in [0.25, 0.3) is 0 Å². The Labute approximate surface area is 172 Å². The van der Waals surface area contributed by atoms with Gasteiger partial charge < -0.3 is 20.4 Å². The number of likely N-dealkylation sites (N-methyl/N-ethyl adjacent to an activating group) is 1. The number of benzene rings is 2. The second-order valence-electron chi connectivity index (χ2n) is 7.59. The van der Waals surface area contributed by atoms with Crippen LogP contribution in [0.2, 0.25) is 0 Å². The first kappa shape index (κ1) is 19.2. The predicted molar refractivity (Wildman–Crippen MR) is 120 cm³/mol. The first-order valence-electron chi connectivity index (χ1n) is 10.1. The lowest BCUT2D eigenvalue weighted by molar-refractivity contribution is 0.313. The first-order valence-corrected chi connectivity index (χ1v) is 10.1. The van der Waals surface area contributed by atoms with Gasteiger partial charge in [-0.3, -0.25) is 0 Å². The molecule has 0 saturated carbocycles. The van der Waals surface area contributed by atoms with Gasteiger partial charge in [0.2, 0.25) is 0 Å². The molecule has 0 bridgehead atoms. The number of nitrogens with one attached hydrogen (secondary N) is 2. The molecule has 0 atom stereocenters. The van der Waals surface area contributed by atoms with E-state index in [-0.39, 0.29) is 0 Å². The van der Waals surface area contributed by atoms with Crippen LogP contribution in [0.15, 0.2) is 60.9 Å². The number of hydrogen-bond acceptors (Lipinski definition) is 6. The summed E-state index contributed by atoms with van der Waals surface area (Å²) in [6.45, 7) is 7.21. The van der Waals surface area contributed by atoms with Crippen molar-refractivity contribution in [3.05, 3.63) is 72.1 Å². The lowest BCUT2D eigenvalue weighted by Gasteiger charge is -2.34. The summed E-state index contributed by atoms with van der Waals surface area (Å²) in [5.74, 6) is 1.58. The minimum atomic E-state index is 0.734. The zero-order valence-electron chi connectivity index (χ0n) is 17.1. The van der Waals surface area contributed by atoms with Crippen molar-refractivity contribution in [2.24, 2.45) is 0 Å². The highest BCUT2D eigenvalue weighted by Gasteiger charge is 2.14. The van der Waals surface area contributed by atoms with Crippen molar-refractivity contribution in [3.63, 3.8) is 0 Å². The Hall–Kier alpha value is -3.12. The number of rotatable bonds is 6. The Bertz CT molecular complexity index is 932. The zero-order chi connectivity index (χ0) is 20.1. The van der Waals surface area contributed by atoms with E-state index in [9.17, 15) is 0 Å². The summed E-state index contributed by atoms with van der Waals surface area (Å²) in [6.07, 6.45) is 1.58. The maximum atomic E-state index is 4.35. The molecule has 0 spiro atoms. The van der Waals surface area contributed by atoms with E-state index in [1.165, 1.54) is 16.8 Å². The summed E-state index contributed by atoms with van der Waals surface area (Å²) in [6, 6.07) is 19.0. The van der Waals surface area contributed by atoms with Gasteiger partial charge in [-0.2, -0.15) is 0 Å². The lowest BCUT2D eigenvalue weighted by Crippen LogP contribution is -2.44. The van der Waals surface area contributed by atoms with Crippen LogP contribution in [0.5, 0.6) is 0 Å². The number of aryl methyl sites for hydroxylation is 1. The molecular formula is C23H28N6. The van der Waals surface area contributed by atoms with Gasteiger partial charge in [-0.1, -0.05) is 29.8 Å². The standard InChI is InChI=1S/C23H28N6/c1-18-4-3-5-19(14-18)16-24-22-15-23(26-17-25-22)27-20-6-8-21(9-7-20)29-12-10-28(2)11-13-29/h3-9,14-15,17H,10-13,16H2,1-2H3,(H2,24,25,26,27). The van der Waals surface area contributed by atoms with Gasteiger partial charge in [-0.15, -0.1) is 0 Å². The Balaban J connectivity index is 1.36. The summed E-state index contributed by atoms with van der Waals surface area (Å²) in [7, 11) is 2.18. The molecule has 2 aromatic carbocycles. The fraction of sp³-hybridized carbons (Fsp3) is 0.304. The SMILES string of the molecule is Cc1cccc(CNc2cc(Nc3ccc(N4CCN(C)CC4)cc3)ncn2)c1. The first-order chi connectivity index (χ1) is 14.2. The molecule has 29 heavy (non-hydrogen) atoms. The van der Waals surface area contributed by atoms with E-state index in [1.54, 1.807) is 6.33 Å². The maximum Gasteiger partial charge on any atom is 0.135 e. The topological polar surface area (TPSA) is 56.3 Å². The molecule has 6 nitrogen and oxygen atoms in total. The van der Waals surface area contributed by atoms with E-state index < -0.39 is 0 Å². The van der Waals surface area contributed by atoms with E-state index >= 15 is 0 Å². The van der Waals surface area contributed by atoms with Gasteiger partial charge in [0.05, 0.1) is 0 Å². The molecule has 1 aliphatic heterocycles. The van der Waals surface area contributed by atoms with Crippen LogP contribution in [0.1, 0.15) is 11.1 Å². The third kappa shape index (κ3) is 5.23. The molecule has 0 aliphatic carbocycles. The third-order valence-electron chi connectivity index (χ3n) is 5.23. The van der Waals surface area contributed by atoms with Crippen molar-refractivity contribution in [2.75, 3.05) is 48.8 Å². The average Bonchev–Trinajstić information content (AvgIpc) is 2.74. The largest absolute Gasteiger partial charge is 0.369 e. The summed E-state index contributed by atoms with van der Waals surface area (Å²) in [5, 5.41) is 6.74. The van der Waals surface area contributed by atoms with Gasteiger partial charge in [0.15, 0.2) is 0 Å². The highest BCUT2D eigenvalue weighted by atomic mass is 15.2. The van der Waals surface area contributed by atoms with Gasteiger partial charge in [0.25, 0.3) is 0 Å². The second-order valence-corrected chi connectivity index (χ2v) is 7.59. The van der Waals surface area contributed by atoms with Gasteiger partial charge in [-0.05, 0) is 43.8 Å². The molecular weight excluding hydrogens is 360 g/mol. The fourth-order valence-electron chi connectivity index (χ4n) is 3.51. The summed E-state index contributed by atoms with van der Waals surface area (Å²) in [5.41, 5.74) is 4.78. The fourth-order valence-corrected chi connectivity index (χ4v) is 3.51. The second kappa shape index (κ2) is 8.92. The normalized spacial score (nSPS) is 14.6. The zero-order valence-corrected chi connectivity index (χ0v) is 17.1. The average molecular weight is 389 g/mol. The Morgan fingerprint density at radius 2 is 1.66 bits per heavy atom. The highest BCUT2D eigenvalue weighted by molar-refractivity contribution is 5.62. The van der Waals surface area contributed by atoms with E-state index in [2.05, 4.69) is 92.9 Å². The quantitative estimate of drug-likeness (QED) is 0.668. The van der Waals surface area contributed by atoms with Crippen LogP contribution in [0, 0.1) is 6.92 Å². The molecule has 1 aromatic heterocycles. The Morgan fingerprint density at radius 3 is 2.41 bits per heavy atom. The highest BCUT2D eigenvalue weighted by Crippen LogP contribution is 2.22. The van der Waals surface area contributed by atoms with Crippen molar-refractivity contribution in [1.82, 2.24) is 14.9 Å². The van der Waals surface area contributed by atoms with Gasteiger partial charge >= 0.3 is 0 Å². The lowest BCUT2D eigenvalue weighted by atomic mass is 10.1. The number of hydrogen-bond donors (Lipinski definition) is 2. The van der Waals surface area contributed by atoms with E-state index in [4.69, 9.17) is 0 Å². The Morgan fingerprint density at radius 1 is 0.897 bits per heavy atom. The van der Waals surface area contributed by atoms with Crippen LogP contribution in [0.3, 0.4) is 0 Å². The number of aromatic nitrogens is 2. The molecule has 2 heterocycles. The number of nitrogens with zero attached hydrogens (tertiary/aromatic N) is 4. The van der Waals surface area contributed by atoms with Crippen molar-refractivity contribution in [3.8, 4) is 0 Å². The molecule has 4 rings (SSSR count). The molecule has 1 fully saturated rings. The smallest absolute Gasteiger partial charge is 0.135 e. The molecule has 0 amide bonds. The molecule has 150 valence electrons. The van der Waals surface area contributed by atoms with Crippen molar-refractivity contribution >= 4 is 23.0 Å². The third-order valence-corrected chi connectivity index (χ3v) is 5.23. The Kier molecular flexibility index (Phi) is 5.91.